The van der Waals surface area contributed by atoms with Crippen LogP contribution in [0.3, 0.4) is 0 Å². The third kappa shape index (κ3) is 4.34. The van der Waals surface area contributed by atoms with Crippen LogP contribution in [0.15, 0.2) is 42.6 Å². The first-order valence-corrected chi connectivity index (χ1v) is 10.1. The molecule has 1 aromatic heterocycles. The molecule has 0 spiro atoms. The first-order valence-electron chi connectivity index (χ1n) is 10.1. The van der Waals surface area contributed by atoms with E-state index >= 15 is 0 Å². The predicted octanol–water partition coefficient (Wildman–Crippen LogP) is 3.69. The van der Waals surface area contributed by atoms with Gasteiger partial charge in [0.05, 0.1) is 11.3 Å². The second kappa shape index (κ2) is 8.55. The van der Waals surface area contributed by atoms with Crippen LogP contribution in [0.1, 0.15) is 33.8 Å². The summed E-state index contributed by atoms with van der Waals surface area (Å²) in [5.41, 5.74) is 2.27. The summed E-state index contributed by atoms with van der Waals surface area (Å²) in [7, 11) is 1.77. The molecule has 2 aromatic carbocycles. The van der Waals surface area contributed by atoms with Gasteiger partial charge in [-0.15, -0.1) is 0 Å². The van der Waals surface area contributed by atoms with E-state index in [9.17, 15) is 18.0 Å². The predicted molar refractivity (Wildman–Crippen MR) is 111 cm³/mol. The SMILES string of the molecule is Cc1cc(-c2ccn(C)n2)cc(F)c1C(=O)N[C@@H]1CNCC[C@H]1c1ccc(F)c(F)c1. The molecular formula is C23H23F3N4O. The van der Waals surface area contributed by atoms with Crippen LogP contribution in [0.5, 0.6) is 0 Å². The zero-order chi connectivity index (χ0) is 22.1. The zero-order valence-electron chi connectivity index (χ0n) is 17.3. The molecule has 1 fully saturated rings. The molecule has 31 heavy (non-hydrogen) atoms. The minimum atomic E-state index is -0.923. The van der Waals surface area contributed by atoms with Crippen molar-refractivity contribution in [2.75, 3.05) is 13.1 Å². The summed E-state index contributed by atoms with van der Waals surface area (Å²) in [4.78, 5) is 13.0. The Labute approximate surface area is 178 Å². The van der Waals surface area contributed by atoms with Crippen molar-refractivity contribution in [2.24, 2.45) is 7.05 Å². The van der Waals surface area contributed by atoms with Crippen LogP contribution >= 0.6 is 0 Å². The number of rotatable bonds is 4. The van der Waals surface area contributed by atoms with Crippen LogP contribution in [0.25, 0.3) is 11.3 Å². The Hall–Kier alpha value is -3.13. The monoisotopic (exact) mass is 428 g/mol. The van der Waals surface area contributed by atoms with Gasteiger partial charge in [-0.3, -0.25) is 9.48 Å². The second-order valence-corrected chi connectivity index (χ2v) is 7.88. The quantitative estimate of drug-likeness (QED) is 0.667. The molecule has 1 aliphatic heterocycles. The highest BCUT2D eigenvalue weighted by atomic mass is 19.2. The van der Waals surface area contributed by atoms with Gasteiger partial charge in [-0.05, 0) is 61.3 Å². The van der Waals surface area contributed by atoms with Crippen molar-refractivity contribution < 1.29 is 18.0 Å². The Bertz CT molecular complexity index is 1100. The maximum atomic E-state index is 14.9. The lowest BCUT2D eigenvalue weighted by Gasteiger charge is -2.33. The Morgan fingerprint density at radius 1 is 1.13 bits per heavy atom. The molecule has 1 saturated heterocycles. The Morgan fingerprint density at radius 2 is 1.94 bits per heavy atom. The van der Waals surface area contributed by atoms with Crippen molar-refractivity contribution in [3.8, 4) is 11.3 Å². The molecule has 1 aliphatic rings. The molecule has 0 aliphatic carbocycles. The van der Waals surface area contributed by atoms with E-state index in [4.69, 9.17) is 0 Å². The minimum Gasteiger partial charge on any atom is -0.347 e. The molecule has 1 amide bonds. The van der Waals surface area contributed by atoms with Crippen molar-refractivity contribution in [1.82, 2.24) is 20.4 Å². The number of carbonyl (C=O) groups excluding carboxylic acids is 1. The van der Waals surface area contributed by atoms with Gasteiger partial charge < -0.3 is 10.6 Å². The summed E-state index contributed by atoms with van der Waals surface area (Å²) in [5.74, 6) is -3.22. The molecule has 2 atom stereocenters. The molecule has 0 bridgehead atoms. The summed E-state index contributed by atoms with van der Waals surface area (Å²) in [5, 5.41) is 10.4. The van der Waals surface area contributed by atoms with Crippen molar-refractivity contribution in [1.29, 1.82) is 0 Å². The maximum absolute atomic E-state index is 14.9. The zero-order valence-corrected chi connectivity index (χ0v) is 17.3. The van der Waals surface area contributed by atoms with Gasteiger partial charge in [0, 0.05) is 37.3 Å². The lowest BCUT2D eigenvalue weighted by atomic mass is 9.85. The number of carbonyl (C=O) groups is 1. The lowest BCUT2D eigenvalue weighted by molar-refractivity contribution is 0.0919. The summed E-state index contributed by atoms with van der Waals surface area (Å²) in [6.07, 6.45) is 2.40. The summed E-state index contributed by atoms with van der Waals surface area (Å²) in [6.45, 7) is 2.81. The number of halogens is 3. The third-order valence-corrected chi connectivity index (χ3v) is 5.69. The third-order valence-electron chi connectivity index (χ3n) is 5.69. The van der Waals surface area contributed by atoms with Crippen molar-refractivity contribution in [3.63, 3.8) is 0 Å². The molecule has 4 rings (SSSR count). The Kier molecular flexibility index (Phi) is 5.82. The van der Waals surface area contributed by atoms with Crippen LogP contribution in [0.4, 0.5) is 13.2 Å². The smallest absolute Gasteiger partial charge is 0.254 e. The van der Waals surface area contributed by atoms with Gasteiger partial charge in [-0.1, -0.05) is 6.07 Å². The van der Waals surface area contributed by atoms with Gasteiger partial charge in [0.2, 0.25) is 0 Å². The van der Waals surface area contributed by atoms with Gasteiger partial charge in [0.1, 0.15) is 5.82 Å². The van der Waals surface area contributed by atoms with Gasteiger partial charge in [-0.25, -0.2) is 13.2 Å². The van der Waals surface area contributed by atoms with Gasteiger partial charge in [0.25, 0.3) is 5.91 Å². The number of nitrogens with zero attached hydrogens (tertiary/aromatic N) is 2. The summed E-state index contributed by atoms with van der Waals surface area (Å²) >= 11 is 0. The minimum absolute atomic E-state index is 0.0331. The topological polar surface area (TPSA) is 59.0 Å². The molecular weight excluding hydrogens is 405 g/mol. The normalized spacial score (nSPS) is 18.7. The highest BCUT2D eigenvalue weighted by Crippen LogP contribution is 2.28. The fraction of sp³-hybridized carbons (Fsp3) is 0.304. The number of aryl methyl sites for hydroxylation is 2. The van der Waals surface area contributed by atoms with Crippen LogP contribution in [-0.2, 0) is 7.05 Å². The van der Waals surface area contributed by atoms with Crippen LogP contribution in [0, 0.1) is 24.4 Å². The second-order valence-electron chi connectivity index (χ2n) is 7.88. The van der Waals surface area contributed by atoms with E-state index in [0.717, 1.165) is 12.1 Å². The van der Waals surface area contributed by atoms with E-state index in [1.807, 2.05) is 0 Å². The molecule has 2 heterocycles. The van der Waals surface area contributed by atoms with Crippen LogP contribution in [-0.4, -0.2) is 34.8 Å². The molecule has 162 valence electrons. The van der Waals surface area contributed by atoms with Crippen molar-refractivity contribution in [3.05, 3.63) is 76.7 Å². The van der Waals surface area contributed by atoms with Crippen molar-refractivity contribution >= 4 is 5.91 Å². The van der Waals surface area contributed by atoms with Gasteiger partial charge in [0.15, 0.2) is 11.6 Å². The van der Waals surface area contributed by atoms with Gasteiger partial charge >= 0.3 is 0 Å². The molecule has 8 heteroatoms. The van der Waals surface area contributed by atoms with E-state index in [0.29, 0.717) is 41.9 Å². The number of aromatic nitrogens is 2. The van der Waals surface area contributed by atoms with E-state index in [1.165, 1.54) is 12.1 Å². The Morgan fingerprint density at radius 3 is 2.61 bits per heavy atom. The van der Waals surface area contributed by atoms with E-state index < -0.39 is 23.4 Å². The molecule has 0 radical (unpaired) electrons. The number of benzene rings is 2. The van der Waals surface area contributed by atoms with E-state index in [2.05, 4.69) is 15.7 Å². The first-order chi connectivity index (χ1) is 14.8. The fourth-order valence-corrected chi connectivity index (χ4v) is 4.14. The number of hydrogen-bond acceptors (Lipinski definition) is 3. The number of amides is 1. The lowest BCUT2D eigenvalue weighted by Crippen LogP contribution is -2.50. The fourth-order valence-electron chi connectivity index (χ4n) is 4.14. The number of hydrogen-bond donors (Lipinski definition) is 2. The summed E-state index contributed by atoms with van der Waals surface area (Å²) < 4.78 is 43.6. The number of piperidine rings is 1. The molecule has 0 saturated carbocycles. The molecule has 5 nitrogen and oxygen atoms in total. The molecule has 0 unspecified atom stereocenters. The standard InChI is InChI=1S/C23H23F3N4O/c1-13-9-15(20-6-8-30(2)29-20)11-19(26)22(13)23(31)28-21-12-27-7-5-16(21)14-3-4-17(24)18(25)10-14/h3-4,6,8-11,16,21,27H,5,7,12H2,1-2H3,(H,28,31)/t16-,21+/m0/s1. The average molecular weight is 428 g/mol. The van der Waals surface area contributed by atoms with E-state index in [1.54, 1.807) is 37.0 Å². The largest absolute Gasteiger partial charge is 0.347 e. The van der Waals surface area contributed by atoms with Crippen molar-refractivity contribution in [2.45, 2.75) is 25.3 Å². The molecule has 3 aromatic rings. The van der Waals surface area contributed by atoms with Crippen LogP contribution < -0.4 is 10.6 Å². The molecule has 2 N–H and O–H groups in total. The number of nitrogens with one attached hydrogen (secondary N) is 2. The first kappa shape index (κ1) is 21.1. The van der Waals surface area contributed by atoms with Crippen LogP contribution in [0.2, 0.25) is 0 Å². The maximum Gasteiger partial charge on any atom is 0.254 e. The van der Waals surface area contributed by atoms with E-state index in [-0.39, 0.29) is 17.5 Å². The highest BCUT2D eigenvalue weighted by molar-refractivity contribution is 5.96. The summed E-state index contributed by atoms with van der Waals surface area (Å²) in [6, 6.07) is 8.20. The Balaban J connectivity index is 1.58. The highest BCUT2D eigenvalue weighted by Gasteiger charge is 2.30. The van der Waals surface area contributed by atoms with Gasteiger partial charge in [-0.2, -0.15) is 5.10 Å². The average Bonchev–Trinajstić information content (AvgIpc) is 3.16.